The van der Waals surface area contributed by atoms with E-state index in [0.29, 0.717) is 11.6 Å². The lowest BCUT2D eigenvalue weighted by molar-refractivity contribution is -0.115. The fourth-order valence-electron chi connectivity index (χ4n) is 2.02. The van der Waals surface area contributed by atoms with Gasteiger partial charge < -0.3 is 5.32 Å². The highest BCUT2D eigenvalue weighted by atomic mass is 32.2. The predicted molar refractivity (Wildman–Crippen MR) is 74.7 cm³/mol. The summed E-state index contributed by atoms with van der Waals surface area (Å²) in [5, 5.41) is 6.18. The second-order valence-electron chi connectivity index (χ2n) is 4.27. The van der Waals surface area contributed by atoms with E-state index in [4.69, 9.17) is 0 Å². The summed E-state index contributed by atoms with van der Waals surface area (Å²) in [4.78, 5) is 15.6. The van der Waals surface area contributed by atoms with Crippen molar-refractivity contribution in [2.24, 2.45) is 0 Å². The molecule has 0 aromatic carbocycles. The maximum atomic E-state index is 11.6. The lowest BCUT2D eigenvalue weighted by Crippen LogP contribution is -2.14. The fourth-order valence-corrected chi connectivity index (χ4v) is 3.87. The van der Waals surface area contributed by atoms with Gasteiger partial charge in [0.05, 0.1) is 0 Å². The zero-order valence-corrected chi connectivity index (χ0v) is 11.5. The molecule has 1 saturated carbocycles. The number of rotatable bonds is 5. The third-order valence-corrected chi connectivity index (χ3v) is 4.98. The molecule has 1 fully saturated rings. The Hall–Kier alpha value is -0.550. The molecule has 1 N–H and O–H groups in total. The topological polar surface area (TPSA) is 42.0 Å². The number of anilines is 1. The number of thiazole rings is 1. The third kappa shape index (κ3) is 4.68. The van der Waals surface area contributed by atoms with Gasteiger partial charge in [-0.05, 0) is 12.8 Å². The van der Waals surface area contributed by atoms with E-state index in [0.717, 1.165) is 11.0 Å². The first-order valence-electron chi connectivity index (χ1n) is 6.15. The largest absolute Gasteiger partial charge is 0.302 e. The van der Waals surface area contributed by atoms with Crippen LogP contribution in [0.2, 0.25) is 0 Å². The van der Waals surface area contributed by atoms with Gasteiger partial charge in [0, 0.05) is 29.0 Å². The summed E-state index contributed by atoms with van der Waals surface area (Å²) in [6.45, 7) is 0. The SMILES string of the molecule is O=C(CCSC1CCCCC1)Nc1nccs1. The Labute approximate surface area is 110 Å². The molecule has 2 rings (SSSR count). The second kappa shape index (κ2) is 7.01. The molecule has 0 atom stereocenters. The highest BCUT2D eigenvalue weighted by molar-refractivity contribution is 7.99. The molecule has 1 aliphatic rings. The van der Waals surface area contributed by atoms with Gasteiger partial charge in [-0.25, -0.2) is 4.98 Å². The predicted octanol–water partition coefficient (Wildman–Crippen LogP) is 3.54. The Kier molecular flexibility index (Phi) is 5.32. The average Bonchev–Trinajstić information content (AvgIpc) is 2.83. The van der Waals surface area contributed by atoms with Crippen molar-refractivity contribution < 1.29 is 4.79 Å². The van der Waals surface area contributed by atoms with Gasteiger partial charge in [-0.15, -0.1) is 11.3 Å². The van der Waals surface area contributed by atoms with Crippen LogP contribution in [0.15, 0.2) is 11.6 Å². The first kappa shape index (κ1) is 12.9. The first-order chi connectivity index (χ1) is 8.34. The van der Waals surface area contributed by atoms with E-state index in [1.165, 1.54) is 43.4 Å². The molecule has 0 spiro atoms. The van der Waals surface area contributed by atoms with Crippen molar-refractivity contribution >= 4 is 34.1 Å². The second-order valence-corrected chi connectivity index (χ2v) is 6.57. The summed E-state index contributed by atoms with van der Waals surface area (Å²) >= 11 is 3.42. The van der Waals surface area contributed by atoms with Crippen LogP contribution in [0.4, 0.5) is 5.13 Å². The average molecular weight is 270 g/mol. The summed E-state index contributed by atoms with van der Waals surface area (Å²) in [7, 11) is 0. The minimum Gasteiger partial charge on any atom is -0.302 e. The number of hydrogen-bond acceptors (Lipinski definition) is 4. The highest BCUT2D eigenvalue weighted by Crippen LogP contribution is 2.28. The maximum Gasteiger partial charge on any atom is 0.226 e. The number of carbonyl (C=O) groups excluding carboxylic acids is 1. The van der Waals surface area contributed by atoms with E-state index < -0.39 is 0 Å². The summed E-state index contributed by atoms with van der Waals surface area (Å²) in [6, 6.07) is 0. The van der Waals surface area contributed by atoms with E-state index in [1.54, 1.807) is 6.20 Å². The molecule has 1 aromatic rings. The molecule has 1 aliphatic carbocycles. The molecule has 94 valence electrons. The van der Waals surface area contributed by atoms with Crippen LogP contribution < -0.4 is 5.32 Å². The van der Waals surface area contributed by atoms with Crippen molar-refractivity contribution in [3.63, 3.8) is 0 Å². The van der Waals surface area contributed by atoms with E-state index in [2.05, 4.69) is 10.3 Å². The van der Waals surface area contributed by atoms with Gasteiger partial charge >= 0.3 is 0 Å². The summed E-state index contributed by atoms with van der Waals surface area (Å²) < 4.78 is 0. The molecule has 0 unspecified atom stereocenters. The summed E-state index contributed by atoms with van der Waals surface area (Å²) in [6.07, 6.45) is 9.09. The molecule has 1 amide bonds. The van der Waals surface area contributed by atoms with Crippen LogP contribution in [0.1, 0.15) is 38.5 Å². The number of nitrogens with zero attached hydrogens (tertiary/aromatic N) is 1. The van der Waals surface area contributed by atoms with E-state index in [1.807, 2.05) is 17.1 Å². The number of amides is 1. The minimum absolute atomic E-state index is 0.0864. The van der Waals surface area contributed by atoms with Crippen molar-refractivity contribution in [1.29, 1.82) is 0 Å². The Morgan fingerprint density at radius 2 is 2.29 bits per heavy atom. The van der Waals surface area contributed by atoms with Crippen LogP contribution in [0.5, 0.6) is 0 Å². The van der Waals surface area contributed by atoms with Crippen molar-refractivity contribution in [2.45, 2.75) is 43.8 Å². The van der Waals surface area contributed by atoms with Gasteiger partial charge in [0.2, 0.25) is 5.91 Å². The van der Waals surface area contributed by atoms with Crippen molar-refractivity contribution in [1.82, 2.24) is 4.98 Å². The molecule has 0 bridgehead atoms. The number of aromatic nitrogens is 1. The Morgan fingerprint density at radius 3 is 3.00 bits per heavy atom. The lowest BCUT2D eigenvalue weighted by Gasteiger charge is -2.20. The van der Waals surface area contributed by atoms with E-state index in [-0.39, 0.29) is 5.91 Å². The molecule has 0 saturated heterocycles. The summed E-state index contributed by atoms with van der Waals surface area (Å²) in [5.41, 5.74) is 0. The minimum atomic E-state index is 0.0864. The van der Waals surface area contributed by atoms with Crippen molar-refractivity contribution in [2.75, 3.05) is 11.1 Å². The smallest absolute Gasteiger partial charge is 0.226 e. The monoisotopic (exact) mass is 270 g/mol. The van der Waals surface area contributed by atoms with Crippen molar-refractivity contribution in [3.05, 3.63) is 11.6 Å². The van der Waals surface area contributed by atoms with Crippen LogP contribution >= 0.6 is 23.1 Å². The molecule has 17 heavy (non-hydrogen) atoms. The van der Waals surface area contributed by atoms with Gasteiger partial charge in [-0.3, -0.25) is 4.79 Å². The highest BCUT2D eigenvalue weighted by Gasteiger charge is 2.14. The maximum absolute atomic E-state index is 11.6. The number of carbonyl (C=O) groups is 1. The zero-order valence-electron chi connectivity index (χ0n) is 9.85. The van der Waals surface area contributed by atoms with Gasteiger partial charge in [0.15, 0.2) is 5.13 Å². The molecule has 5 heteroatoms. The van der Waals surface area contributed by atoms with Gasteiger partial charge in [0.25, 0.3) is 0 Å². The van der Waals surface area contributed by atoms with Crippen LogP contribution in [-0.4, -0.2) is 21.9 Å². The Balaban J connectivity index is 1.59. The molecule has 1 heterocycles. The normalized spacial score (nSPS) is 16.9. The lowest BCUT2D eigenvalue weighted by atomic mass is 10.0. The molecule has 0 radical (unpaired) electrons. The molecule has 0 aliphatic heterocycles. The molecular weight excluding hydrogens is 252 g/mol. The van der Waals surface area contributed by atoms with E-state index in [9.17, 15) is 4.79 Å². The Morgan fingerprint density at radius 1 is 1.47 bits per heavy atom. The van der Waals surface area contributed by atoms with Crippen LogP contribution in [0.25, 0.3) is 0 Å². The van der Waals surface area contributed by atoms with Crippen molar-refractivity contribution in [3.8, 4) is 0 Å². The zero-order chi connectivity index (χ0) is 11.9. The first-order valence-corrected chi connectivity index (χ1v) is 8.08. The Bertz CT molecular complexity index is 334. The standard InChI is InChI=1S/C12H18N2OS2/c15-11(14-12-13-7-9-17-12)6-8-16-10-4-2-1-3-5-10/h7,9-10H,1-6,8H2,(H,13,14,15). The summed E-state index contributed by atoms with van der Waals surface area (Å²) in [5.74, 6) is 1.02. The van der Waals surface area contributed by atoms with Crippen LogP contribution in [-0.2, 0) is 4.79 Å². The number of nitrogens with one attached hydrogen (secondary N) is 1. The van der Waals surface area contributed by atoms with Crippen LogP contribution in [0.3, 0.4) is 0 Å². The van der Waals surface area contributed by atoms with Crippen LogP contribution in [0, 0.1) is 0 Å². The molecule has 1 aromatic heterocycles. The number of hydrogen-bond donors (Lipinski definition) is 1. The molecular formula is C12H18N2OS2. The van der Waals surface area contributed by atoms with Gasteiger partial charge in [-0.1, -0.05) is 19.3 Å². The van der Waals surface area contributed by atoms with E-state index >= 15 is 0 Å². The molecule has 3 nitrogen and oxygen atoms in total. The number of thioether (sulfide) groups is 1. The third-order valence-electron chi connectivity index (χ3n) is 2.91. The van der Waals surface area contributed by atoms with Gasteiger partial charge in [-0.2, -0.15) is 11.8 Å². The quantitative estimate of drug-likeness (QED) is 0.890. The fraction of sp³-hybridized carbons (Fsp3) is 0.667. The van der Waals surface area contributed by atoms with Gasteiger partial charge in [0.1, 0.15) is 0 Å².